The molecule has 3 nitrogen and oxygen atoms in total. The van der Waals surface area contributed by atoms with Crippen molar-refractivity contribution in [1.29, 1.82) is 10.9 Å². The lowest BCUT2D eigenvalue weighted by atomic mass is 9.95. The summed E-state index contributed by atoms with van der Waals surface area (Å²) < 4.78 is 46.2. The standard InChI is InChI=1S/C15H15N3.C9H9F3.CH3F/c1-10-5-3-4-6-13(10)14-9-12(15(16)18-17)8-7-11(14)2;1-2-7-5-3-4-6-8(7)9(10,11)12;1-2/h3-9,16-17H,1-2H3;3-6H,2H2,1H3;1H3. The van der Waals surface area contributed by atoms with Crippen LogP contribution in [-0.4, -0.2) is 13.0 Å². The molecule has 0 saturated carbocycles. The third-order valence-electron chi connectivity index (χ3n) is 4.76. The topological polar surface area (TPSA) is 60.1 Å². The second kappa shape index (κ2) is 12.5. The van der Waals surface area contributed by atoms with Crippen LogP contribution in [-0.2, 0) is 12.6 Å². The fourth-order valence-corrected chi connectivity index (χ4v) is 3.10. The largest absolute Gasteiger partial charge is 0.416 e. The monoisotopic (exact) mass is 445 g/mol. The van der Waals surface area contributed by atoms with Crippen LogP contribution in [0.15, 0.2) is 71.8 Å². The van der Waals surface area contributed by atoms with Crippen molar-refractivity contribution >= 4 is 5.84 Å². The molecular formula is C25H27F4N3. The van der Waals surface area contributed by atoms with Crippen LogP contribution >= 0.6 is 0 Å². The molecular weight excluding hydrogens is 418 g/mol. The van der Waals surface area contributed by atoms with Gasteiger partial charge in [0.2, 0.25) is 0 Å². The van der Waals surface area contributed by atoms with E-state index < -0.39 is 11.7 Å². The van der Waals surface area contributed by atoms with Gasteiger partial charge >= 0.3 is 6.18 Å². The normalized spacial score (nSPS) is 10.2. The average molecular weight is 446 g/mol. The van der Waals surface area contributed by atoms with Crippen molar-refractivity contribution in [3.63, 3.8) is 0 Å². The van der Waals surface area contributed by atoms with Crippen LogP contribution in [0.4, 0.5) is 17.6 Å². The van der Waals surface area contributed by atoms with Crippen molar-refractivity contribution < 1.29 is 17.6 Å². The molecule has 0 atom stereocenters. The molecule has 0 amide bonds. The molecule has 3 aromatic rings. The highest BCUT2D eigenvalue weighted by molar-refractivity contribution is 5.97. The van der Waals surface area contributed by atoms with E-state index in [2.05, 4.69) is 24.2 Å². The maximum atomic E-state index is 12.2. The van der Waals surface area contributed by atoms with Crippen molar-refractivity contribution in [2.24, 2.45) is 5.11 Å². The second-order valence-electron chi connectivity index (χ2n) is 6.81. The Morgan fingerprint density at radius 2 is 1.41 bits per heavy atom. The number of benzene rings is 3. The Hall–Kier alpha value is -3.35. The summed E-state index contributed by atoms with van der Waals surface area (Å²) in [5.41, 5.74) is 12.0. The maximum absolute atomic E-state index is 12.2. The molecule has 3 aromatic carbocycles. The number of hydrogen-bond acceptors (Lipinski definition) is 2. The molecule has 0 saturated heterocycles. The van der Waals surface area contributed by atoms with Gasteiger partial charge in [0, 0.05) is 5.56 Å². The number of nitrogens with one attached hydrogen (secondary N) is 2. The minimum Gasteiger partial charge on any atom is -0.281 e. The molecule has 0 aromatic heterocycles. The fraction of sp³-hybridized carbons (Fsp3) is 0.240. The first kappa shape index (κ1) is 26.7. The zero-order chi connectivity index (χ0) is 24.3. The molecule has 3 rings (SSSR count). The van der Waals surface area contributed by atoms with Crippen LogP contribution in [0.3, 0.4) is 0 Å². The molecule has 0 aliphatic heterocycles. The smallest absolute Gasteiger partial charge is 0.281 e. The molecule has 0 aliphatic rings. The minimum absolute atomic E-state index is 0.00941. The number of hydrogen-bond donors (Lipinski definition) is 2. The van der Waals surface area contributed by atoms with Crippen LogP contribution in [0, 0.1) is 24.8 Å². The SMILES string of the molecule is CCc1ccccc1C(F)(F)F.CF.Cc1ccccc1-c1cc(C(=N)N=N)ccc1C. The quantitative estimate of drug-likeness (QED) is 0.177. The number of aryl methyl sites for hydroxylation is 3. The van der Waals surface area contributed by atoms with E-state index in [0.29, 0.717) is 24.7 Å². The fourth-order valence-electron chi connectivity index (χ4n) is 3.10. The first-order chi connectivity index (χ1) is 15.2. The molecule has 0 heterocycles. The van der Waals surface area contributed by atoms with E-state index in [1.165, 1.54) is 17.7 Å². The highest BCUT2D eigenvalue weighted by Crippen LogP contribution is 2.32. The van der Waals surface area contributed by atoms with Gasteiger partial charge in [0.1, 0.15) is 0 Å². The van der Waals surface area contributed by atoms with Crippen molar-refractivity contribution in [1.82, 2.24) is 0 Å². The first-order valence-electron chi connectivity index (χ1n) is 9.85. The van der Waals surface area contributed by atoms with Gasteiger partial charge in [-0.15, -0.1) is 5.11 Å². The van der Waals surface area contributed by atoms with Crippen LogP contribution in [0.25, 0.3) is 11.1 Å². The molecule has 0 fully saturated rings. The third kappa shape index (κ3) is 7.11. The summed E-state index contributed by atoms with van der Waals surface area (Å²) in [5.74, 6) is -0.00941. The number of halogens is 4. The van der Waals surface area contributed by atoms with Gasteiger partial charge in [-0.05, 0) is 60.2 Å². The van der Waals surface area contributed by atoms with Gasteiger partial charge < -0.3 is 0 Å². The summed E-state index contributed by atoms with van der Waals surface area (Å²) in [6.45, 7) is 5.83. The van der Waals surface area contributed by atoms with Crippen LogP contribution in [0.2, 0.25) is 0 Å². The molecule has 32 heavy (non-hydrogen) atoms. The number of nitrogens with zero attached hydrogens (tertiary/aromatic N) is 1. The van der Waals surface area contributed by atoms with E-state index in [0.717, 1.165) is 22.8 Å². The predicted octanol–water partition coefficient (Wildman–Crippen LogP) is 8.18. The summed E-state index contributed by atoms with van der Waals surface area (Å²) in [4.78, 5) is 0. The van der Waals surface area contributed by atoms with E-state index in [-0.39, 0.29) is 5.84 Å². The minimum atomic E-state index is -4.22. The molecule has 2 N–H and O–H groups in total. The van der Waals surface area contributed by atoms with Crippen LogP contribution in [0.1, 0.15) is 34.7 Å². The zero-order valence-electron chi connectivity index (χ0n) is 18.5. The predicted molar refractivity (Wildman–Crippen MR) is 121 cm³/mol. The van der Waals surface area contributed by atoms with E-state index >= 15 is 0 Å². The Bertz CT molecular complexity index is 1040. The summed E-state index contributed by atoms with van der Waals surface area (Å²) in [7, 11) is 0.500. The molecule has 0 unspecified atom stereocenters. The van der Waals surface area contributed by atoms with Gasteiger partial charge in [0.25, 0.3) is 0 Å². The molecule has 7 heteroatoms. The van der Waals surface area contributed by atoms with E-state index in [4.69, 9.17) is 10.9 Å². The van der Waals surface area contributed by atoms with E-state index in [9.17, 15) is 17.6 Å². The van der Waals surface area contributed by atoms with Gasteiger partial charge in [-0.1, -0.05) is 61.5 Å². The van der Waals surface area contributed by atoms with Crippen molar-refractivity contribution in [3.8, 4) is 11.1 Å². The van der Waals surface area contributed by atoms with E-state index in [1.807, 2.05) is 37.3 Å². The number of amidine groups is 1. The Morgan fingerprint density at radius 1 is 0.844 bits per heavy atom. The Morgan fingerprint density at radius 3 is 1.94 bits per heavy atom. The summed E-state index contributed by atoms with van der Waals surface area (Å²) in [6, 6.07) is 19.5. The lowest BCUT2D eigenvalue weighted by Gasteiger charge is -2.10. The van der Waals surface area contributed by atoms with Gasteiger partial charge in [0.05, 0.1) is 12.7 Å². The average Bonchev–Trinajstić information content (AvgIpc) is 2.80. The zero-order valence-corrected chi connectivity index (χ0v) is 18.5. The number of alkyl halides is 4. The highest BCUT2D eigenvalue weighted by atomic mass is 19.4. The van der Waals surface area contributed by atoms with Gasteiger partial charge in [-0.3, -0.25) is 9.80 Å². The Balaban J connectivity index is 0.000000318. The second-order valence-corrected chi connectivity index (χ2v) is 6.81. The maximum Gasteiger partial charge on any atom is 0.416 e. The number of rotatable bonds is 3. The highest BCUT2D eigenvalue weighted by Gasteiger charge is 2.32. The van der Waals surface area contributed by atoms with Gasteiger partial charge in [0.15, 0.2) is 5.84 Å². The van der Waals surface area contributed by atoms with Crippen LogP contribution in [0.5, 0.6) is 0 Å². The lowest BCUT2D eigenvalue weighted by molar-refractivity contribution is -0.138. The van der Waals surface area contributed by atoms with Gasteiger partial charge in [-0.2, -0.15) is 13.2 Å². The summed E-state index contributed by atoms with van der Waals surface area (Å²) in [6.07, 6.45) is -3.80. The van der Waals surface area contributed by atoms with E-state index in [1.54, 1.807) is 13.0 Å². The molecule has 0 aliphatic carbocycles. The summed E-state index contributed by atoms with van der Waals surface area (Å²) in [5, 5.41) is 10.8. The molecule has 0 spiro atoms. The van der Waals surface area contributed by atoms with Crippen molar-refractivity contribution in [3.05, 3.63) is 94.5 Å². The first-order valence-corrected chi connectivity index (χ1v) is 9.85. The van der Waals surface area contributed by atoms with Crippen molar-refractivity contribution in [2.75, 3.05) is 7.18 Å². The van der Waals surface area contributed by atoms with Crippen molar-refractivity contribution in [2.45, 2.75) is 33.4 Å². The molecule has 170 valence electrons. The lowest BCUT2D eigenvalue weighted by Crippen LogP contribution is -2.08. The molecule has 0 bridgehead atoms. The summed E-state index contributed by atoms with van der Waals surface area (Å²) >= 11 is 0. The Kier molecular flexibility index (Phi) is 10.4. The van der Waals surface area contributed by atoms with Crippen LogP contribution < -0.4 is 0 Å². The Labute approximate surface area is 186 Å². The third-order valence-corrected chi connectivity index (χ3v) is 4.76. The molecule has 0 radical (unpaired) electrons. The van der Waals surface area contributed by atoms with Gasteiger partial charge in [-0.25, -0.2) is 5.53 Å².